The minimum absolute atomic E-state index is 0.00703. The lowest BCUT2D eigenvalue weighted by atomic mass is 10.1. The predicted octanol–water partition coefficient (Wildman–Crippen LogP) is 2.25. The second-order valence-electron chi connectivity index (χ2n) is 5.66. The number of halogens is 3. The van der Waals surface area contributed by atoms with Gasteiger partial charge in [-0.05, 0) is 41.8 Å². The van der Waals surface area contributed by atoms with Crippen molar-refractivity contribution in [2.45, 2.75) is 23.9 Å². The summed E-state index contributed by atoms with van der Waals surface area (Å²) < 4.78 is 59.8. The molecule has 9 heteroatoms. The highest BCUT2D eigenvalue weighted by Gasteiger charge is 2.29. The molecule has 26 heavy (non-hydrogen) atoms. The van der Waals surface area contributed by atoms with E-state index in [1.54, 1.807) is 12.1 Å². The number of nitrogens with one attached hydrogen (secondary N) is 1. The van der Waals surface area contributed by atoms with E-state index in [0.29, 0.717) is 18.5 Å². The Balaban J connectivity index is 1.82. The van der Waals surface area contributed by atoms with Crippen LogP contribution >= 0.6 is 0 Å². The quantitative estimate of drug-likeness (QED) is 0.798. The summed E-state index contributed by atoms with van der Waals surface area (Å²) in [4.78, 5) is 11.8. The summed E-state index contributed by atoms with van der Waals surface area (Å²) in [6, 6.07) is 10.4. The molecule has 0 spiro atoms. The fourth-order valence-corrected chi connectivity index (χ4v) is 2.77. The molecule has 2 aromatic rings. The Morgan fingerprint density at radius 3 is 2.00 bits per heavy atom. The number of alkyl halides is 3. The third-order valence-electron chi connectivity index (χ3n) is 3.63. The fourth-order valence-electron chi connectivity index (χ4n) is 2.25. The standard InChI is InChI=1S/C17H17F3N2O3S/c18-17(19,20)14-5-1-13(2-6-14)11-16(23)22-10-9-12-3-7-15(8-4-12)26(21,24)25/h1-8H,9-11H2,(H,22,23)(H2,21,24,25). The average molecular weight is 386 g/mol. The van der Waals surface area contributed by atoms with Gasteiger partial charge in [-0.3, -0.25) is 4.79 Å². The lowest BCUT2D eigenvalue weighted by Crippen LogP contribution is -2.27. The van der Waals surface area contributed by atoms with Crippen LogP contribution in [-0.4, -0.2) is 20.9 Å². The average Bonchev–Trinajstić information content (AvgIpc) is 2.54. The van der Waals surface area contributed by atoms with Gasteiger partial charge in [-0.25, -0.2) is 13.6 Å². The zero-order valence-corrected chi connectivity index (χ0v) is 14.4. The van der Waals surface area contributed by atoms with Gasteiger partial charge in [-0.1, -0.05) is 24.3 Å². The topological polar surface area (TPSA) is 89.3 Å². The SMILES string of the molecule is NS(=O)(=O)c1ccc(CCNC(=O)Cc2ccc(C(F)(F)F)cc2)cc1. The van der Waals surface area contributed by atoms with Crippen LogP contribution in [0.4, 0.5) is 13.2 Å². The molecule has 140 valence electrons. The van der Waals surface area contributed by atoms with Gasteiger partial charge in [0.1, 0.15) is 0 Å². The van der Waals surface area contributed by atoms with Gasteiger partial charge in [0.15, 0.2) is 0 Å². The Morgan fingerprint density at radius 2 is 1.50 bits per heavy atom. The molecule has 3 N–H and O–H groups in total. The highest BCUT2D eigenvalue weighted by molar-refractivity contribution is 7.89. The van der Waals surface area contributed by atoms with Crippen molar-refractivity contribution in [1.82, 2.24) is 5.32 Å². The number of amides is 1. The van der Waals surface area contributed by atoms with Crippen molar-refractivity contribution in [3.05, 3.63) is 65.2 Å². The molecule has 0 aliphatic rings. The van der Waals surface area contributed by atoms with E-state index in [1.807, 2.05) is 0 Å². The molecule has 0 atom stereocenters. The molecular formula is C17H17F3N2O3S. The maximum atomic E-state index is 12.5. The molecular weight excluding hydrogens is 369 g/mol. The smallest absolute Gasteiger partial charge is 0.355 e. The molecule has 0 unspecified atom stereocenters. The van der Waals surface area contributed by atoms with Gasteiger partial charge in [0.2, 0.25) is 15.9 Å². The molecule has 2 rings (SSSR count). The molecule has 0 radical (unpaired) electrons. The van der Waals surface area contributed by atoms with Crippen LogP contribution in [-0.2, 0) is 33.8 Å². The van der Waals surface area contributed by atoms with Gasteiger partial charge in [0, 0.05) is 6.54 Å². The third-order valence-corrected chi connectivity index (χ3v) is 4.56. The van der Waals surface area contributed by atoms with E-state index in [-0.39, 0.29) is 17.2 Å². The zero-order valence-electron chi connectivity index (χ0n) is 13.6. The van der Waals surface area contributed by atoms with Gasteiger partial charge in [-0.15, -0.1) is 0 Å². The van der Waals surface area contributed by atoms with Gasteiger partial charge in [0.05, 0.1) is 16.9 Å². The Morgan fingerprint density at radius 1 is 0.962 bits per heavy atom. The fraction of sp³-hybridized carbons (Fsp3) is 0.235. The summed E-state index contributed by atoms with van der Waals surface area (Å²) in [5.74, 6) is -0.314. The summed E-state index contributed by atoms with van der Waals surface area (Å²) in [5, 5.41) is 7.67. The van der Waals surface area contributed by atoms with Crippen molar-refractivity contribution in [3.63, 3.8) is 0 Å². The van der Waals surface area contributed by atoms with Crippen molar-refractivity contribution in [1.29, 1.82) is 0 Å². The monoisotopic (exact) mass is 386 g/mol. The van der Waals surface area contributed by atoms with E-state index in [9.17, 15) is 26.4 Å². The number of sulfonamides is 1. The third kappa shape index (κ3) is 5.85. The first-order valence-electron chi connectivity index (χ1n) is 7.60. The van der Waals surface area contributed by atoms with Crippen molar-refractivity contribution in [3.8, 4) is 0 Å². The molecule has 0 saturated heterocycles. The van der Waals surface area contributed by atoms with E-state index >= 15 is 0 Å². The van der Waals surface area contributed by atoms with Crippen molar-refractivity contribution in [2.75, 3.05) is 6.54 Å². The summed E-state index contributed by atoms with van der Waals surface area (Å²) in [6.45, 7) is 0.314. The molecule has 0 heterocycles. The molecule has 2 aromatic carbocycles. The first-order chi connectivity index (χ1) is 12.1. The van der Waals surface area contributed by atoms with Crippen LogP contribution in [0.3, 0.4) is 0 Å². The molecule has 0 bridgehead atoms. The lowest BCUT2D eigenvalue weighted by Gasteiger charge is -2.08. The van der Waals surface area contributed by atoms with Gasteiger partial charge in [-0.2, -0.15) is 13.2 Å². The number of primary sulfonamides is 1. The summed E-state index contributed by atoms with van der Waals surface area (Å²) >= 11 is 0. The van der Waals surface area contributed by atoms with E-state index < -0.39 is 21.8 Å². The van der Waals surface area contributed by atoms with Crippen LogP contribution in [0.2, 0.25) is 0 Å². The molecule has 0 fully saturated rings. The summed E-state index contributed by atoms with van der Waals surface area (Å²) in [6.07, 6.45) is -3.95. The number of carbonyl (C=O) groups is 1. The van der Waals surface area contributed by atoms with E-state index in [1.165, 1.54) is 24.3 Å². The first-order valence-corrected chi connectivity index (χ1v) is 9.15. The largest absolute Gasteiger partial charge is 0.416 e. The van der Waals surface area contributed by atoms with E-state index in [2.05, 4.69) is 5.32 Å². The number of hydrogen-bond donors (Lipinski definition) is 2. The summed E-state index contributed by atoms with van der Waals surface area (Å²) in [5.41, 5.74) is 0.532. The number of nitrogens with two attached hydrogens (primary N) is 1. The van der Waals surface area contributed by atoms with Crippen LogP contribution in [0.1, 0.15) is 16.7 Å². The number of carbonyl (C=O) groups excluding carboxylic acids is 1. The Labute approximate surface area is 149 Å². The second kappa shape index (κ2) is 7.88. The van der Waals surface area contributed by atoms with Crippen LogP contribution < -0.4 is 10.5 Å². The normalized spacial score (nSPS) is 12.0. The van der Waals surface area contributed by atoms with E-state index in [0.717, 1.165) is 17.7 Å². The van der Waals surface area contributed by atoms with Crippen LogP contribution in [0, 0.1) is 0 Å². The van der Waals surface area contributed by atoms with Gasteiger partial charge < -0.3 is 5.32 Å². The molecule has 0 saturated carbocycles. The zero-order chi connectivity index (χ0) is 19.4. The minimum atomic E-state index is -4.40. The van der Waals surface area contributed by atoms with Gasteiger partial charge in [0.25, 0.3) is 0 Å². The van der Waals surface area contributed by atoms with Crippen molar-refractivity contribution < 1.29 is 26.4 Å². The number of rotatable bonds is 6. The lowest BCUT2D eigenvalue weighted by molar-refractivity contribution is -0.137. The van der Waals surface area contributed by atoms with Crippen LogP contribution in [0.15, 0.2) is 53.4 Å². The molecule has 5 nitrogen and oxygen atoms in total. The number of hydrogen-bond acceptors (Lipinski definition) is 3. The predicted molar refractivity (Wildman–Crippen MR) is 89.7 cm³/mol. The number of benzene rings is 2. The van der Waals surface area contributed by atoms with Crippen molar-refractivity contribution >= 4 is 15.9 Å². The highest BCUT2D eigenvalue weighted by Crippen LogP contribution is 2.29. The van der Waals surface area contributed by atoms with E-state index in [4.69, 9.17) is 5.14 Å². The molecule has 1 amide bonds. The maximum absolute atomic E-state index is 12.5. The minimum Gasteiger partial charge on any atom is -0.355 e. The molecule has 0 aliphatic carbocycles. The molecule has 0 aromatic heterocycles. The second-order valence-corrected chi connectivity index (χ2v) is 7.22. The van der Waals surface area contributed by atoms with Crippen LogP contribution in [0.25, 0.3) is 0 Å². The van der Waals surface area contributed by atoms with Crippen molar-refractivity contribution in [2.24, 2.45) is 5.14 Å². The van der Waals surface area contributed by atoms with Gasteiger partial charge >= 0.3 is 6.18 Å². The Bertz CT molecular complexity index is 862. The summed E-state index contributed by atoms with van der Waals surface area (Å²) in [7, 11) is -3.74. The maximum Gasteiger partial charge on any atom is 0.416 e. The molecule has 0 aliphatic heterocycles. The Kier molecular flexibility index (Phi) is 6.04. The Hall–Kier alpha value is -2.39. The van der Waals surface area contributed by atoms with Crippen LogP contribution in [0.5, 0.6) is 0 Å². The highest BCUT2D eigenvalue weighted by atomic mass is 32.2. The first kappa shape index (κ1) is 19.9.